The minimum Gasteiger partial charge on any atom is -0.389 e. The molecule has 0 aliphatic heterocycles. The van der Waals surface area contributed by atoms with E-state index in [-0.39, 0.29) is 11.2 Å². The molecule has 0 spiro atoms. The number of aliphatic hydroxyl groups excluding tert-OH is 1. The first-order valence-electron chi connectivity index (χ1n) is 4.26. The highest BCUT2D eigenvalue weighted by Gasteiger charge is 2.36. The van der Waals surface area contributed by atoms with Crippen molar-refractivity contribution in [2.75, 3.05) is 0 Å². The Morgan fingerprint density at radius 3 is 2.42 bits per heavy atom. The normalized spacial score (nSPS) is 29.4. The minimum absolute atomic E-state index is 0.172. The Balaban J connectivity index is 3.10. The molecule has 0 heterocycles. The van der Waals surface area contributed by atoms with E-state index in [4.69, 9.17) is 0 Å². The second-order valence-electron chi connectivity index (χ2n) is 4.24. The van der Waals surface area contributed by atoms with Gasteiger partial charge in [-0.1, -0.05) is 13.8 Å². The summed E-state index contributed by atoms with van der Waals surface area (Å²) in [6, 6.07) is 0. The molecule has 2 nitrogen and oxygen atoms in total. The lowest BCUT2D eigenvalue weighted by Gasteiger charge is -2.32. The second-order valence-corrected chi connectivity index (χ2v) is 4.24. The number of allylic oxidation sites excluding steroid dienone is 1. The van der Waals surface area contributed by atoms with Crippen LogP contribution in [0.2, 0.25) is 0 Å². The Kier molecular flexibility index (Phi) is 2.13. The van der Waals surface area contributed by atoms with E-state index in [2.05, 4.69) is 0 Å². The van der Waals surface area contributed by atoms with E-state index in [1.807, 2.05) is 20.8 Å². The number of Topliss-reactive ketones (excluding diaryl/α,β-unsaturated/α-hetero) is 1. The summed E-state index contributed by atoms with van der Waals surface area (Å²) in [5, 5.41) is 9.59. The topological polar surface area (TPSA) is 37.3 Å². The van der Waals surface area contributed by atoms with Crippen molar-refractivity contribution in [3.63, 3.8) is 0 Å². The van der Waals surface area contributed by atoms with Crippen molar-refractivity contribution in [2.24, 2.45) is 5.41 Å². The number of hydrogen-bond acceptors (Lipinski definition) is 2. The van der Waals surface area contributed by atoms with Crippen LogP contribution in [0.1, 0.15) is 34.1 Å². The number of aliphatic hydroxyl groups is 1. The van der Waals surface area contributed by atoms with Crippen molar-refractivity contribution in [3.05, 3.63) is 11.1 Å². The lowest BCUT2D eigenvalue weighted by Crippen LogP contribution is -2.36. The van der Waals surface area contributed by atoms with E-state index in [9.17, 15) is 9.90 Å². The first kappa shape index (κ1) is 9.46. The Bertz CT molecular complexity index is 249. The molecule has 1 aliphatic carbocycles. The van der Waals surface area contributed by atoms with Gasteiger partial charge >= 0.3 is 0 Å². The molecule has 1 atom stereocenters. The molecule has 1 rings (SSSR count). The monoisotopic (exact) mass is 168 g/mol. The first-order valence-corrected chi connectivity index (χ1v) is 4.26. The Morgan fingerprint density at radius 1 is 1.42 bits per heavy atom. The third kappa shape index (κ3) is 1.31. The van der Waals surface area contributed by atoms with E-state index >= 15 is 0 Å². The quantitative estimate of drug-likeness (QED) is 0.597. The average Bonchev–Trinajstić information content (AvgIpc) is 1.97. The van der Waals surface area contributed by atoms with Gasteiger partial charge in [-0.25, -0.2) is 0 Å². The van der Waals surface area contributed by atoms with Crippen LogP contribution in [0, 0.1) is 5.41 Å². The van der Waals surface area contributed by atoms with E-state index in [0.29, 0.717) is 6.42 Å². The summed E-state index contributed by atoms with van der Waals surface area (Å²) in [5.74, 6) is 0.172. The fraction of sp³-hybridized carbons (Fsp3) is 0.700. The van der Waals surface area contributed by atoms with Crippen molar-refractivity contribution < 1.29 is 9.90 Å². The van der Waals surface area contributed by atoms with Gasteiger partial charge in [-0.3, -0.25) is 4.79 Å². The largest absolute Gasteiger partial charge is 0.389 e. The molecule has 0 aromatic rings. The van der Waals surface area contributed by atoms with E-state index < -0.39 is 6.10 Å². The summed E-state index contributed by atoms with van der Waals surface area (Å²) in [5.41, 5.74) is 1.18. The molecule has 1 unspecified atom stereocenters. The standard InChI is InChI=1S/C10H16O2/c1-6-7(2)9(12)10(3,4)5-8(6)11/h8,11H,5H2,1-4H3. The first-order chi connectivity index (χ1) is 5.36. The highest BCUT2D eigenvalue weighted by Crippen LogP contribution is 2.35. The third-order valence-corrected chi connectivity index (χ3v) is 2.75. The SMILES string of the molecule is CC1=C(C)C(O)CC(C)(C)C1=O. The van der Waals surface area contributed by atoms with E-state index in [1.165, 1.54) is 0 Å². The van der Waals surface area contributed by atoms with Crippen LogP contribution in [0.5, 0.6) is 0 Å². The highest BCUT2D eigenvalue weighted by molar-refractivity contribution is 6.00. The molecule has 0 fully saturated rings. The van der Waals surface area contributed by atoms with Crippen LogP contribution < -0.4 is 0 Å². The second kappa shape index (κ2) is 2.70. The van der Waals surface area contributed by atoms with Gasteiger partial charge in [0, 0.05) is 5.41 Å². The summed E-state index contributed by atoms with van der Waals surface area (Å²) >= 11 is 0. The molecular formula is C10H16O2. The van der Waals surface area contributed by atoms with Gasteiger partial charge in [-0.15, -0.1) is 0 Å². The molecule has 0 aromatic carbocycles. The zero-order chi connectivity index (χ0) is 9.52. The Hall–Kier alpha value is -0.630. The van der Waals surface area contributed by atoms with Crippen LogP contribution in [0.3, 0.4) is 0 Å². The third-order valence-electron chi connectivity index (χ3n) is 2.75. The molecule has 0 aromatic heterocycles. The summed E-state index contributed by atoms with van der Waals surface area (Å²) < 4.78 is 0. The van der Waals surface area contributed by atoms with Gasteiger partial charge in [-0.2, -0.15) is 0 Å². The van der Waals surface area contributed by atoms with Crippen molar-refractivity contribution in [1.82, 2.24) is 0 Å². The molecule has 1 aliphatic rings. The molecule has 0 bridgehead atoms. The van der Waals surface area contributed by atoms with Crippen LogP contribution in [-0.2, 0) is 4.79 Å². The molecule has 0 saturated heterocycles. The van der Waals surface area contributed by atoms with Crippen LogP contribution >= 0.6 is 0 Å². The zero-order valence-corrected chi connectivity index (χ0v) is 8.14. The van der Waals surface area contributed by atoms with Crippen LogP contribution in [-0.4, -0.2) is 17.0 Å². The molecule has 0 amide bonds. The van der Waals surface area contributed by atoms with Gasteiger partial charge < -0.3 is 5.11 Å². The Labute approximate surface area is 73.3 Å². The molecule has 2 heteroatoms. The van der Waals surface area contributed by atoms with Crippen molar-refractivity contribution in [3.8, 4) is 0 Å². The summed E-state index contributed by atoms with van der Waals surface area (Å²) in [6.45, 7) is 7.39. The fourth-order valence-corrected chi connectivity index (χ4v) is 1.67. The summed E-state index contributed by atoms with van der Waals surface area (Å²) in [4.78, 5) is 11.6. The van der Waals surface area contributed by atoms with Crippen LogP contribution in [0.25, 0.3) is 0 Å². The number of carbonyl (C=O) groups is 1. The summed E-state index contributed by atoms with van der Waals surface area (Å²) in [7, 11) is 0. The van der Waals surface area contributed by atoms with Gasteiger partial charge in [0.2, 0.25) is 0 Å². The fourth-order valence-electron chi connectivity index (χ4n) is 1.67. The number of hydrogen-bond donors (Lipinski definition) is 1. The van der Waals surface area contributed by atoms with Gasteiger partial charge in [0.15, 0.2) is 5.78 Å². The number of carbonyl (C=O) groups excluding carboxylic acids is 1. The van der Waals surface area contributed by atoms with Gasteiger partial charge in [0.05, 0.1) is 6.10 Å². The maximum atomic E-state index is 11.6. The molecular weight excluding hydrogens is 152 g/mol. The molecule has 68 valence electrons. The van der Waals surface area contributed by atoms with Crippen molar-refractivity contribution >= 4 is 5.78 Å². The number of rotatable bonds is 0. The van der Waals surface area contributed by atoms with E-state index in [1.54, 1.807) is 6.92 Å². The molecule has 0 saturated carbocycles. The van der Waals surface area contributed by atoms with Gasteiger partial charge in [-0.05, 0) is 31.4 Å². The highest BCUT2D eigenvalue weighted by atomic mass is 16.3. The smallest absolute Gasteiger partial charge is 0.164 e. The molecule has 1 N–H and O–H groups in total. The number of ketones is 1. The van der Waals surface area contributed by atoms with Crippen LogP contribution in [0.15, 0.2) is 11.1 Å². The average molecular weight is 168 g/mol. The van der Waals surface area contributed by atoms with Gasteiger partial charge in [0.25, 0.3) is 0 Å². The van der Waals surface area contributed by atoms with Crippen molar-refractivity contribution in [2.45, 2.75) is 40.2 Å². The predicted molar refractivity (Wildman–Crippen MR) is 47.8 cm³/mol. The molecule has 0 radical (unpaired) electrons. The zero-order valence-electron chi connectivity index (χ0n) is 8.14. The predicted octanol–water partition coefficient (Wildman–Crippen LogP) is 1.68. The summed E-state index contributed by atoms with van der Waals surface area (Å²) in [6.07, 6.45) is 0.118. The van der Waals surface area contributed by atoms with Crippen molar-refractivity contribution in [1.29, 1.82) is 0 Å². The maximum Gasteiger partial charge on any atom is 0.164 e. The van der Waals surface area contributed by atoms with E-state index in [0.717, 1.165) is 11.1 Å². The molecule has 12 heavy (non-hydrogen) atoms. The van der Waals surface area contributed by atoms with Crippen LogP contribution in [0.4, 0.5) is 0 Å². The Morgan fingerprint density at radius 2 is 1.92 bits per heavy atom. The van der Waals surface area contributed by atoms with Gasteiger partial charge in [0.1, 0.15) is 0 Å². The maximum absolute atomic E-state index is 11.6. The lowest BCUT2D eigenvalue weighted by atomic mass is 9.72. The lowest BCUT2D eigenvalue weighted by molar-refractivity contribution is -0.125. The minimum atomic E-state index is -0.433.